The molecule has 0 radical (unpaired) electrons. The second kappa shape index (κ2) is 8.79. The number of nitrogens with one attached hydrogen (secondary N) is 1. The molecule has 1 saturated heterocycles. The number of ether oxygens (including phenoxy) is 2. The van der Waals surface area contributed by atoms with E-state index in [9.17, 15) is 9.59 Å². The third-order valence-corrected chi connectivity index (χ3v) is 5.38. The number of likely N-dealkylation sites (N-methyl/N-ethyl adjacent to an activating group) is 1. The monoisotopic (exact) mass is 508 g/mol. The number of halogens is 2. The van der Waals surface area contributed by atoms with Crippen LogP contribution in [0.15, 0.2) is 51.0 Å². The molecule has 0 aromatic heterocycles. The van der Waals surface area contributed by atoms with Crippen LogP contribution >= 0.6 is 31.9 Å². The summed E-state index contributed by atoms with van der Waals surface area (Å²) in [6.07, 6.45) is 1.61. The zero-order chi connectivity index (χ0) is 20.3. The highest BCUT2D eigenvalue weighted by atomic mass is 79.9. The van der Waals surface area contributed by atoms with Crippen molar-refractivity contribution >= 4 is 49.9 Å². The SMILES string of the molecule is CCN1C(=O)N/C(=C/c2cc(OC)c(OCc3ccc(Br)cc3)cc2Br)C1=O. The first-order valence-electron chi connectivity index (χ1n) is 8.52. The lowest BCUT2D eigenvalue weighted by molar-refractivity contribution is -0.122. The minimum atomic E-state index is -0.420. The van der Waals surface area contributed by atoms with Crippen LogP contribution in [0.2, 0.25) is 0 Å². The van der Waals surface area contributed by atoms with E-state index in [1.807, 2.05) is 24.3 Å². The van der Waals surface area contributed by atoms with Crippen LogP contribution in [0.5, 0.6) is 11.5 Å². The maximum atomic E-state index is 12.3. The predicted octanol–water partition coefficient (Wildman–Crippen LogP) is 4.71. The zero-order valence-electron chi connectivity index (χ0n) is 15.3. The molecule has 6 nitrogen and oxygen atoms in total. The first-order valence-corrected chi connectivity index (χ1v) is 10.1. The summed E-state index contributed by atoms with van der Waals surface area (Å²) >= 11 is 6.90. The zero-order valence-corrected chi connectivity index (χ0v) is 18.5. The summed E-state index contributed by atoms with van der Waals surface area (Å²) in [6.45, 7) is 2.45. The summed E-state index contributed by atoms with van der Waals surface area (Å²) in [4.78, 5) is 25.2. The van der Waals surface area contributed by atoms with Crippen LogP contribution < -0.4 is 14.8 Å². The van der Waals surface area contributed by atoms with Crippen molar-refractivity contribution in [2.24, 2.45) is 0 Å². The van der Waals surface area contributed by atoms with Crippen LogP contribution in [0, 0.1) is 0 Å². The van der Waals surface area contributed by atoms with E-state index in [1.54, 1.807) is 32.2 Å². The summed E-state index contributed by atoms with van der Waals surface area (Å²) in [7, 11) is 1.55. The number of hydrogen-bond acceptors (Lipinski definition) is 4. The van der Waals surface area contributed by atoms with E-state index in [4.69, 9.17) is 9.47 Å². The molecular formula is C20H18Br2N2O4. The molecule has 1 heterocycles. The largest absolute Gasteiger partial charge is 0.493 e. The molecular weight excluding hydrogens is 492 g/mol. The van der Waals surface area contributed by atoms with Gasteiger partial charge in [0.2, 0.25) is 0 Å². The first kappa shape index (κ1) is 20.4. The summed E-state index contributed by atoms with van der Waals surface area (Å²) in [5.41, 5.74) is 1.93. The van der Waals surface area contributed by atoms with Crippen molar-refractivity contribution < 1.29 is 19.1 Å². The number of imide groups is 1. The Bertz CT molecular complexity index is 942. The fraction of sp³-hybridized carbons (Fsp3) is 0.200. The van der Waals surface area contributed by atoms with E-state index in [0.29, 0.717) is 34.7 Å². The molecule has 0 unspecified atom stereocenters. The Morgan fingerprint density at radius 3 is 2.43 bits per heavy atom. The van der Waals surface area contributed by atoms with Crippen LogP contribution in [0.4, 0.5) is 4.79 Å². The van der Waals surface area contributed by atoms with Gasteiger partial charge in [0.05, 0.1) is 7.11 Å². The number of carbonyl (C=O) groups excluding carboxylic acids is 2. The van der Waals surface area contributed by atoms with Crippen molar-refractivity contribution in [1.29, 1.82) is 0 Å². The highest BCUT2D eigenvalue weighted by Crippen LogP contribution is 2.35. The van der Waals surface area contributed by atoms with Gasteiger partial charge in [0, 0.05) is 15.5 Å². The van der Waals surface area contributed by atoms with Gasteiger partial charge in [-0.25, -0.2) is 4.79 Å². The number of hydrogen-bond donors (Lipinski definition) is 1. The van der Waals surface area contributed by atoms with Crippen molar-refractivity contribution in [2.45, 2.75) is 13.5 Å². The van der Waals surface area contributed by atoms with Crippen molar-refractivity contribution in [3.8, 4) is 11.5 Å². The van der Waals surface area contributed by atoms with Crippen LogP contribution in [0.25, 0.3) is 6.08 Å². The smallest absolute Gasteiger partial charge is 0.328 e. The average Bonchev–Trinajstić information content (AvgIpc) is 2.95. The minimum absolute atomic E-state index is 0.220. The lowest BCUT2D eigenvalue weighted by Crippen LogP contribution is -2.30. The van der Waals surface area contributed by atoms with Gasteiger partial charge in [-0.05, 0) is 48.4 Å². The van der Waals surface area contributed by atoms with Crippen LogP contribution in [-0.2, 0) is 11.4 Å². The van der Waals surface area contributed by atoms with Gasteiger partial charge in [-0.3, -0.25) is 9.69 Å². The second-order valence-electron chi connectivity index (χ2n) is 5.98. The molecule has 146 valence electrons. The van der Waals surface area contributed by atoms with Crippen molar-refractivity contribution in [3.05, 3.63) is 62.2 Å². The van der Waals surface area contributed by atoms with Gasteiger partial charge in [-0.2, -0.15) is 0 Å². The van der Waals surface area contributed by atoms with Gasteiger partial charge in [0.1, 0.15) is 12.3 Å². The average molecular weight is 510 g/mol. The Balaban J connectivity index is 1.83. The fourth-order valence-corrected chi connectivity index (χ4v) is 3.39. The van der Waals surface area contributed by atoms with E-state index in [1.165, 1.54) is 0 Å². The van der Waals surface area contributed by atoms with Crippen LogP contribution in [0.3, 0.4) is 0 Å². The van der Waals surface area contributed by atoms with Gasteiger partial charge in [0.15, 0.2) is 11.5 Å². The molecule has 0 saturated carbocycles. The fourth-order valence-electron chi connectivity index (χ4n) is 2.69. The first-order chi connectivity index (χ1) is 13.4. The number of rotatable bonds is 6. The van der Waals surface area contributed by atoms with Crippen molar-refractivity contribution in [2.75, 3.05) is 13.7 Å². The van der Waals surface area contributed by atoms with Gasteiger partial charge in [-0.15, -0.1) is 0 Å². The summed E-state index contributed by atoms with van der Waals surface area (Å²) in [5.74, 6) is 0.738. The van der Waals surface area contributed by atoms with E-state index < -0.39 is 6.03 Å². The molecule has 0 bridgehead atoms. The number of carbonyl (C=O) groups is 2. The van der Waals surface area contributed by atoms with Gasteiger partial charge in [0.25, 0.3) is 5.91 Å². The highest BCUT2D eigenvalue weighted by Gasteiger charge is 2.32. The second-order valence-corrected chi connectivity index (χ2v) is 7.75. The Morgan fingerprint density at radius 1 is 1.11 bits per heavy atom. The van der Waals surface area contributed by atoms with E-state index in [0.717, 1.165) is 14.9 Å². The summed E-state index contributed by atoms with van der Waals surface area (Å²) < 4.78 is 13.1. The Morgan fingerprint density at radius 2 is 1.82 bits per heavy atom. The lowest BCUT2D eigenvalue weighted by atomic mass is 10.1. The molecule has 2 aromatic carbocycles. The highest BCUT2D eigenvalue weighted by molar-refractivity contribution is 9.10. The molecule has 3 rings (SSSR count). The van der Waals surface area contributed by atoms with Gasteiger partial charge >= 0.3 is 6.03 Å². The Hall–Kier alpha value is -2.32. The Kier molecular flexibility index (Phi) is 6.41. The molecule has 1 aliphatic heterocycles. The summed E-state index contributed by atoms with van der Waals surface area (Å²) in [6, 6.07) is 11.0. The molecule has 8 heteroatoms. The molecule has 1 aliphatic rings. The number of benzene rings is 2. The maximum Gasteiger partial charge on any atom is 0.328 e. The minimum Gasteiger partial charge on any atom is -0.493 e. The van der Waals surface area contributed by atoms with Crippen LogP contribution in [-0.4, -0.2) is 30.5 Å². The molecule has 0 aliphatic carbocycles. The van der Waals surface area contributed by atoms with Crippen LogP contribution in [0.1, 0.15) is 18.1 Å². The number of amides is 3. The molecule has 1 fully saturated rings. The standard InChI is InChI=1S/C20H18Br2N2O4/c1-3-24-19(25)16(23-20(24)26)8-13-9-17(27-2)18(10-15(13)22)28-11-12-4-6-14(21)7-5-12/h4-10H,3,11H2,1-2H3,(H,23,26)/b16-8+. The third-order valence-electron chi connectivity index (χ3n) is 4.17. The van der Waals surface area contributed by atoms with E-state index in [2.05, 4.69) is 37.2 Å². The quantitative estimate of drug-likeness (QED) is 0.452. The predicted molar refractivity (Wildman–Crippen MR) is 113 cm³/mol. The molecule has 1 N–H and O–H groups in total. The topological polar surface area (TPSA) is 67.9 Å². The van der Waals surface area contributed by atoms with Crippen molar-refractivity contribution in [3.63, 3.8) is 0 Å². The normalized spacial score (nSPS) is 15.1. The molecule has 2 aromatic rings. The van der Waals surface area contributed by atoms with Gasteiger partial charge < -0.3 is 14.8 Å². The molecule has 3 amide bonds. The molecule has 0 atom stereocenters. The maximum absolute atomic E-state index is 12.3. The molecule has 28 heavy (non-hydrogen) atoms. The van der Waals surface area contributed by atoms with E-state index in [-0.39, 0.29) is 11.6 Å². The van der Waals surface area contributed by atoms with Crippen molar-refractivity contribution in [1.82, 2.24) is 10.2 Å². The number of methoxy groups -OCH3 is 1. The lowest BCUT2D eigenvalue weighted by Gasteiger charge is -2.13. The Labute approximate surface area is 179 Å². The number of urea groups is 1. The summed E-state index contributed by atoms with van der Waals surface area (Å²) in [5, 5.41) is 2.59. The number of nitrogens with zero attached hydrogens (tertiary/aromatic N) is 1. The molecule has 0 spiro atoms. The van der Waals surface area contributed by atoms with Gasteiger partial charge in [-0.1, -0.05) is 44.0 Å². The van der Waals surface area contributed by atoms with E-state index >= 15 is 0 Å². The third kappa shape index (κ3) is 4.39.